The van der Waals surface area contributed by atoms with E-state index in [9.17, 15) is 4.79 Å². The number of nitrogens with zero attached hydrogens (tertiary/aromatic N) is 2. The van der Waals surface area contributed by atoms with Crippen molar-refractivity contribution < 1.29 is 4.79 Å². The first kappa shape index (κ1) is 16.0. The Kier molecular flexibility index (Phi) is 4.22. The minimum absolute atomic E-state index is 0.362. The number of rotatable bonds is 2. The van der Waals surface area contributed by atoms with Crippen LogP contribution in [0.2, 0.25) is 5.02 Å². The second-order valence-corrected chi connectivity index (χ2v) is 5.68. The molecule has 0 radical (unpaired) electrons. The predicted molar refractivity (Wildman–Crippen MR) is 97.2 cm³/mol. The fraction of sp³-hybridized carbons (Fsp3) is 0.118. The van der Waals surface area contributed by atoms with E-state index in [0.29, 0.717) is 21.9 Å². The van der Waals surface area contributed by atoms with E-state index < -0.39 is 0 Å². The molecule has 1 aromatic carbocycles. The lowest BCUT2D eigenvalue weighted by molar-refractivity contribution is 0.254. The summed E-state index contributed by atoms with van der Waals surface area (Å²) in [7, 11) is 1.53. The summed E-state index contributed by atoms with van der Waals surface area (Å²) in [6.45, 7) is 1.98. The van der Waals surface area contributed by atoms with Gasteiger partial charge in [0.2, 0.25) is 0 Å². The van der Waals surface area contributed by atoms with E-state index in [1.807, 2.05) is 25.1 Å². The van der Waals surface area contributed by atoms with Crippen LogP contribution in [0.3, 0.4) is 0 Å². The average Bonchev–Trinajstić information content (AvgIpc) is 2.58. The topological polar surface area (TPSA) is 92.9 Å². The molecular formula is C17H16ClN5O. The number of carbonyl (C=O) groups is 1. The summed E-state index contributed by atoms with van der Waals surface area (Å²) >= 11 is 6.51. The molecule has 3 aromatic rings. The van der Waals surface area contributed by atoms with Gasteiger partial charge >= 0.3 is 6.03 Å². The molecule has 6 nitrogen and oxygen atoms in total. The number of anilines is 2. The van der Waals surface area contributed by atoms with E-state index in [0.717, 1.165) is 22.1 Å². The minimum atomic E-state index is -0.377. The first-order valence-electron chi connectivity index (χ1n) is 7.29. The van der Waals surface area contributed by atoms with Gasteiger partial charge in [0.05, 0.1) is 10.7 Å². The molecule has 0 aliphatic heterocycles. The molecule has 122 valence electrons. The van der Waals surface area contributed by atoms with Crippen LogP contribution in [0.15, 0.2) is 36.8 Å². The van der Waals surface area contributed by atoms with Gasteiger partial charge in [-0.25, -0.2) is 9.78 Å². The normalized spacial score (nSPS) is 10.6. The van der Waals surface area contributed by atoms with Crippen molar-refractivity contribution in [2.75, 3.05) is 18.1 Å². The molecular weight excluding hydrogens is 326 g/mol. The molecule has 0 spiro atoms. The number of aryl methyl sites for hydroxylation is 1. The molecule has 0 bridgehead atoms. The lowest BCUT2D eigenvalue weighted by Crippen LogP contribution is -2.25. The number of benzene rings is 1. The van der Waals surface area contributed by atoms with Gasteiger partial charge in [-0.2, -0.15) is 0 Å². The Hall–Kier alpha value is -2.86. The molecule has 0 aliphatic carbocycles. The Balaban J connectivity index is 2.25. The number of hydrogen-bond acceptors (Lipinski definition) is 4. The highest BCUT2D eigenvalue weighted by Gasteiger charge is 2.16. The third kappa shape index (κ3) is 2.72. The SMILES string of the molecule is CNC(=O)Nc1nccc2cc(-c3cnccc3C)c(Cl)c(N)c12. The van der Waals surface area contributed by atoms with Crippen LogP contribution in [0, 0.1) is 6.92 Å². The quantitative estimate of drug-likeness (QED) is 0.621. The summed E-state index contributed by atoms with van der Waals surface area (Å²) in [6, 6.07) is 5.29. The van der Waals surface area contributed by atoms with E-state index in [1.165, 1.54) is 7.05 Å². The third-order valence-corrected chi connectivity index (χ3v) is 4.22. The van der Waals surface area contributed by atoms with Gasteiger partial charge in [-0.15, -0.1) is 0 Å². The summed E-state index contributed by atoms with van der Waals surface area (Å²) in [5, 5.41) is 6.99. The lowest BCUT2D eigenvalue weighted by Gasteiger charge is -2.15. The minimum Gasteiger partial charge on any atom is -0.397 e. The van der Waals surface area contributed by atoms with Gasteiger partial charge in [0.1, 0.15) is 5.82 Å². The maximum atomic E-state index is 11.6. The van der Waals surface area contributed by atoms with E-state index >= 15 is 0 Å². The summed E-state index contributed by atoms with van der Waals surface area (Å²) < 4.78 is 0. The maximum absolute atomic E-state index is 11.6. The standard InChI is InChI=1S/C17H16ClN5O/c1-9-3-5-21-8-12(9)11-7-10-4-6-22-16(23-17(24)20-2)13(10)15(19)14(11)18/h3-8H,19H2,1-2H3,(H2,20,22,23,24). The zero-order chi connectivity index (χ0) is 17.3. The molecule has 0 saturated carbocycles. The van der Waals surface area contributed by atoms with E-state index in [-0.39, 0.29) is 6.03 Å². The Morgan fingerprint density at radius 2 is 2.04 bits per heavy atom. The second-order valence-electron chi connectivity index (χ2n) is 5.30. The van der Waals surface area contributed by atoms with Crippen LogP contribution < -0.4 is 16.4 Å². The van der Waals surface area contributed by atoms with Crippen molar-refractivity contribution in [2.45, 2.75) is 6.92 Å². The number of urea groups is 1. The van der Waals surface area contributed by atoms with Gasteiger partial charge in [0.25, 0.3) is 0 Å². The van der Waals surface area contributed by atoms with Gasteiger partial charge in [-0.05, 0) is 36.1 Å². The summed E-state index contributed by atoms with van der Waals surface area (Å²) in [6.07, 6.45) is 5.10. The molecule has 2 aromatic heterocycles. The van der Waals surface area contributed by atoms with E-state index in [1.54, 1.807) is 18.6 Å². The highest BCUT2D eigenvalue weighted by atomic mass is 35.5. The highest BCUT2D eigenvalue weighted by Crippen LogP contribution is 2.40. The van der Waals surface area contributed by atoms with Crippen LogP contribution in [-0.2, 0) is 0 Å². The largest absolute Gasteiger partial charge is 0.397 e. The summed E-state index contributed by atoms with van der Waals surface area (Å²) in [5.41, 5.74) is 9.38. The van der Waals surface area contributed by atoms with Crippen molar-refractivity contribution >= 4 is 39.9 Å². The number of hydrogen-bond donors (Lipinski definition) is 3. The molecule has 7 heteroatoms. The molecule has 3 rings (SSSR count). The van der Waals surface area contributed by atoms with Crippen LogP contribution >= 0.6 is 11.6 Å². The number of nitrogens with two attached hydrogens (primary N) is 1. The van der Waals surface area contributed by atoms with Crippen molar-refractivity contribution in [3.05, 3.63) is 47.4 Å². The average molecular weight is 342 g/mol. The molecule has 4 N–H and O–H groups in total. The van der Waals surface area contributed by atoms with Crippen molar-refractivity contribution in [3.63, 3.8) is 0 Å². The first-order chi connectivity index (χ1) is 11.5. The van der Waals surface area contributed by atoms with Gasteiger partial charge < -0.3 is 11.1 Å². The second kappa shape index (κ2) is 6.33. The van der Waals surface area contributed by atoms with Gasteiger partial charge in [-0.1, -0.05) is 11.6 Å². The van der Waals surface area contributed by atoms with Gasteiger partial charge in [-0.3, -0.25) is 10.3 Å². The van der Waals surface area contributed by atoms with Crippen molar-refractivity contribution in [2.24, 2.45) is 0 Å². The Morgan fingerprint density at radius 1 is 1.25 bits per heavy atom. The lowest BCUT2D eigenvalue weighted by atomic mass is 9.98. The van der Waals surface area contributed by atoms with Crippen molar-refractivity contribution in [3.8, 4) is 11.1 Å². The zero-order valence-corrected chi connectivity index (χ0v) is 14.0. The van der Waals surface area contributed by atoms with Crippen LogP contribution in [0.4, 0.5) is 16.3 Å². The first-order valence-corrected chi connectivity index (χ1v) is 7.67. The fourth-order valence-corrected chi connectivity index (χ4v) is 2.81. The number of halogens is 1. The van der Waals surface area contributed by atoms with E-state index in [4.69, 9.17) is 17.3 Å². The molecule has 0 atom stereocenters. The zero-order valence-electron chi connectivity index (χ0n) is 13.2. The Morgan fingerprint density at radius 3 is 2.75 bits per heavy atom. The van der Waals surface area contributed by atoms with Gasteiger partial charge in [0, 0.05) is 42.2 Å². The molecule has 0 saturated heterocycles. The van der Waals surface area contributed by atoms with Crippen LogP contribution in [0.1, 0.15) is 5.56 Å². The van der Waals surface area contributed by atoms with Gasteiger partial charge in [0.15, 0.2) is 0 Å². The number of pyridine rings is 2. The number of carbonyl (C=O) groups excluding carboxylic acids is 1. The van der Waals surface area contributed by atoms with Crippen molar-refractivity contribution in [1.82, 2.24) is 15.3 Å². The Bertz CT molecular complexity index is 942. The van der Waals surface area contributed by atoms with Crippen LogP contribution in [-0.4, -0.2) is 23.0 Å². The monoisotopic (exact) mass is 341 g/mol. The Labute approximate surface area is 144 Å². The molecule has 24 heavy (non-hydrogen) atoms. The van der Waals surface area contributed by atoms with E-state index in [2.05, 4.69) is 20.6 Å². The third-order valence-electron chi connectivity index (χ3n) is 3.81. The molecule has 0 aliphatic rings. The molecule has 2 heterocycles. The fourth-order valence-electron chi connectivity index (χ4n) is 2.56. The summed E-state index contributed by atoms with van der Waals surface area (Å²) in [5.74, 6) is 0.362. The van der Waals surface area contributed by atoms with Crippen LogP contribution in [0.25, 0.3) is 21.9 Å². The molecule has 0 fully saturated rings. The van der Waals surface area contributed by atoms with Crippen LogP contribution in [0.5, 0.6) is 0 Å². The number of nitrogens with one attached hydrogen (secondary N) is 2. The highest BCUT2D eigenvalue weighted by molar-refractivity contribution is 6.38. The predicted octanol–water partition coefficient (Wildman–Crippen LogP) is 3.59. The number of fused-ring (bicyclic) bond motifs is 1. The number of nitrogen functional groups attached to an aromatic ring is 1. The number of aromatic nitrogens is 2. The van der Waals surface area contributed by atoms with Crippen molar-refractivity contribution in [1.29, 1.82) is 0 Å². The maximum Gasteiger partial charge on any atom is 0.320 e. The molecule has 0 unspecified atom stereocenters. The molecule has 2 amide bonds. The smallest absolute Gasteiger partial charge is 0.320 e. The summed E-state index contributed by atoms with van der Waals surface area (Å²) in [4.78, 5) is 20.0. The number of amides is 2.